The molecule has 1 amide bonds. The van der Waals surface area contributed by atoms with Crippen LogP contribution in [0.25, 0.3) is 0 Å². The van der Waals surface area contributed by atoms with Crippen LogP contribution < -0.4 is 4.90 Å². The van der Waals surface area contributed by atoms with E-state index in [1.54, 1.807) is 0 Å². The fourth-order valence-corrected chi connectivity index (χ4v) is 3.34. The van der Waals surface area contributed by atoms with Crippen molar-refractivity contribution in [3.05, 3.63) is 28.7 Å². The van der Waals surface area contributed by atoms with Crippen molar-refractivity contribution >= 4 is 27.5 Å². The van der Waals surface area contributed by atoms with Gasteiger partial charge in [-0.15, -0.1) is 0 Å². The molecule has 0 radical (unpaired) electrons. The van der Waals surface area contributed by atoms with Crippen LogP contribution in [0.5, 0.6) is 0 Å². The molecule has 0 unspecified atom stereocenters. The largest absolute Gasteiger partial charge is 0.392 e. The summed E-state index contributed by atoms with van der Waals surface area (Å²) in [5.41, 5.74) is 0.946. The van der Waals surface area contributed by atoms with Gasteiger partial charge in [-0.2, -0.15) is 0 Å². The van der Waals surface area contributed by atoms with Gasteiger partial charge in [-0.1, -0.05) is 22.0 Å². The predicted octanol–water partition coefficient (Wildman–Crippen LogP) is 1.62. The molecule has 0 saturated carbocycles. The van der Waals surface area contributed by atoms with E-state index in [4.69, 9.17) is 0 Å². The summed E-state index contributed by atoms with van der Waals surface area (Å²) < 4.78 is 0.984. The Kier molecular flexibility index (Phi) is 3.60. The number of amides is 1. The average Bonchev–Trinajstić information content (AvgIpc) is 2.95. The van der Waals surface area contributed by atoms with Crippen LogP contribution in [0.15, 0.2) is 28.7 Å². The standard InChI is InChI=1S/C14H17BrN2O2/c15-10-2-1-3-11(8-10)17-7-5-13(14(17)19)16-6-4-12(18)9-16/h1-3,8,12-13,18H,4-7,9H2/t12-,13+/m0/s1. The van der Waals surface area contributed by atoms with Gasteiger partial charge >= 0.3 is 0 Å². The molecule has 19 heavy (non-hydrogen) atoms. The van der Waals surface area contributed by atoms with Crippen LogP contribution in [-0.4, -0.2) is 47.7 Å². The lowest BCUT2D eigenvalue weighted by Crippen LogP contribution is -2.41. The molecule has 4 nitrogen and oxygen atoms in total. The van der Waals surface area contributed by atoms with E-state index in [1.165, 1.54) is 0 Å². The number of aliphatic hydroxyl groups is 1. The minimum absolute atomic E-state index is 0.0591. The summed E-state index contributed by atoms with van der Waals surface area (Å²) in [6.45, 7) is 2.21. The van der Waals surface area contributed by atoms with Crippen LogP contribution in [0.4, 0.5) is 5.69 Å². The van der Waals surface area contributed by atoms with Gasteiger partial charge in [-0.05, 0) is 31.0 Å². The highest BCUT2D eigenvalue weighted by atomic mass is 79.9. The van der Waals surface area contributed by atoms with Crippen LogP contribution in [0, 0.1) is 0 Å². The zero-order chi connectivity index (χ0) is 13.4. The Labute approximate surface area is 121 Å². The Bertz CT molecular complexity index is 494. The molecule has 0 aliphatic carbocycles. The molecule has 5 heteroatoms. The fraction of sp³-hybridized carbons (Fsp3) is 0.500. The van der Waals surface area contributed by atoms with E-state index < -0.39 is 0 Å². The van der Waals surface area contributed by atoms with Crippen molar-refractivity contribution in [1.82, 2.24) is 4.90 Å². The first kappa shape index (κ1) is 13.1. The Morgan fingerprint density at radius 1 is 1.26 bits per heavy atom. The number of carbonyl (C=O) groups excluding carboxylic acids is 1. The number of hydrogen-bond acceptors (Lipinski definition) is 3. The number of anilines is 1. The van der Waals surface area contributed by atoms with E-state index in [2.05, 4.69) is 20.8 Å². The normalized spacial score (nSPS) is 28.3. The summed E-state index contributed by atoms with van der Waals surface area (Å²) in [6, 6.07) is 7.78. The van der Waals surface area contributed by atoms with Gasteiger partial charge in [0.2, 0.25) is 5.91 Å². The molecular formula is C14H17BrN2O2. The molecule has 0 aromatic heterocycles. The molecule has 2 aliphatic rings. The second kappa shape index (κ2) is 5.23. The van der Waals surface area contributed by atoms with E-state index in [0.29, 0.717) is 6.54 Å². The summed E-state index contributed by atoms with van der Waals surface area (Å²) >= 11 is 3.44. The highest BCUT2D eigenvalue weighted by molar-refractivity contribution is 9.10. The van der Waals surface area contributed by atoms with Crippen molar-refractivity contribution in [3.8, 4) is 0 Å². The van der Waals surface area contributed by atoms with Gasteiger partial charge in [0.15, 0.2) is 0 Å². The lowest BCUT2D eigenvalue weighted by Gasteiger charge is -2.23. The van der Waals surface area contributed by atoms with Crippen molar-refractivity contribution < 1.29 is 9.90 Å². The van der Waals surface area contributed by atoms with Gasteiger partial charge in [0.1, 0.15) is 0 Å². The third kappa shape index (κ3) is 2.55. The number of hydrogen-bond donors (Lipinski definition) is 1. The van der Waals surface area contributed by atoms with Gasteiger partial charge < -0.3 is 10.0 Å². The number of nitrogens with zero attached hydrogens (tertiary/aromatic N) is 2. The van der Waals surface area contributed by atoms with Gasteiger partial charge in [0, 0.05) is 29.8 Å². The molecule has 1 aromatic rings. The van der Waals surface area contributed by atoms with E-state index in [0.717, 1.165) is 36.1 Å². The van der Waals surface area contributed by atoms with Crippen molar-refractivity contribution in [1.29, 1.82) is 0 Å². The number of likely N-dealkylation sites (tertiary alicyclic amines) is 1. The second-order valence-electron chi connectivity index (χ2n) is 5.21. The lowest BCUT2D eigenvalue weighted by atomic mass is 10.2. The van der Waals surface area contributed by atoms with Crippen molar-refractivity contribution in [2.45, 2.75) is 25.0 Å². The Morgan fingerprint density at radius 2 is 2.11 bits per heavy atom. The molecule has 2 atom stereocenters. The Morgan fingerprint density at radius 3 is 2.79 bits per heavy atom. The summed E-state index contributed by atoms with van der Waals surface area (Å²) in [7, 11) is 0. The first-order valence-electron chi connectivity index (χ1n) is 6.64. The van der Waals surface area contributed by atoms with Crippen LogP contribution in [0.2, 0.25) is 0 Å². The number of β-amino-alcohol motifs (C(OH)–C–C–N with tert-alkyl or cyclic N) is 1. The van der Waals surface area contributed by atoms with E-state index in [-0.39, 0.29) is 18.1 Å². The zero-order valence-electron chi connectivity index (χ0n) is 10.6. The molecular weight excluding hydrogens is 308 g/mol. The monoisotopic (exact) mass is 324 g/mol. The average molecular weight is 325 g/mol. The van der Waals surface area contributed by atoms with Crippen LogP contribution in [-0.2, 0) is 4.79 Å². The van der Waals surface area contributed by atoms with E-state index in [1.807, 2.05) is 29.2 Å². The quantitative estimate of drug-likeness (QED) is 0.899. The van der Waals surface area contributed by atoms with Crippen LogP contribution in [0.3, 0.4) is 0 Å². The van der Waals surface area contributed by atoms with Gasteiger partial charge in [0.05, 0.1) is 12.1 Å². The predicted molar refractivity (Wildman–Crippen MR) is 77.1 cm³/mol. The molecule has 2 heterocycles. The van der Waals surface area contributed by atoms with Gasteiger partial charge in [-0.25, -0.2) is 0 Å². The number of halogens is 1. The maximum Gasteiger partial charge on any atom is 0.244 e. The van der Waals surface area contributed by atoms with Gasteiger partial charge in [0.25, 0.3) is 0 Å². The molecule has 1 aromatic carbocycles. The fourth-order valence-electron chi connectivity index (χ4n) is 2.96. The Balaban J connectivity index is 1.75. The van der Waals surface area contributed by atoms with Gasteiger partial charge in [-0.3, -0.25) is 9.69 Å². The third-order valence-corrected chi connectivity index (χ3v) is 4.43. The minimum Gasteiger partial charge on any atom is -0.392 e. The lowest BCUT2D eigenvalue weighted by molar-refractivity contribution is -0.121. The molecule has 2 aliphatic heterocycles. The zero-order valence-corrected chi connectivity index (χ0v) is 12.2. The molecule has 102 valence electrons. The highest BCUT2D eigenvalue weighted by Crippen LogP contribution is 2.28. The Hall–Kier alpha value is -0.910. The first-order valence-corrected chi connectivity index (χ1v) is 7.43. The molecule has 0 spiro atoms. The molecule has 2 saturated heterocycles. The van der Waals surface area contributed by atoms with Crippen LogP contribution >= 0.6 is 15.9 Å². The van der Waals surface area contributed by atoms with Crippen molar-refractivity contribution in [2.24, 2.45) is 0 Å². The molecule has 2 fully saturated rings. The summed E-state index contributed by atoms with van der Waals surface area (Å²) in [5, 5.41) is 9.59. The molecule has 3 rings (SSSR count). The number of benzene rings is 1. The first-order chi connectivity index (χ1) is 9.15. The number of rotatable bonds is 2. The SMILES string of the molecule is O=C1[C@H](N2CC[C@H](O)C2)CCN1c1cccc(Br)c1. The maximum absolute atomic E-state index is 12.5. The second-order valence-corrected chi connectivity index (χ2v) is 6.13. The van der Waals surface area contributed by atoms with Crippen LogP contribution in [0.1, 0.15) is 12.8 Å². The summed E-state index contributed by atoms with van der Waals surface area (Å²) in [4.78, 5) is 16.5. The summed E-state index contributed by atoms with van der Waals surface area (Å²) in [6.07, 6.45) is 1.35. The van der Waals surface area contributed by atoms with Crippen molar-refractivity contribution in [3.63, 3.8) is 0 Å². The summed E-state index contributed by atoms with van der Waals surface area (Å²) in [5.74, 6) is 0.159. The topological polar surface area (TPSA) is 43.8 Å². The number of aliphatic hydroxyl groups excluding tert-OH is 1. The highest BCUT2D eigenvalue weighted by Gasteiger charge is 2.39. The van der Waals surface area contributed by atoms with E-state index >= 15 is 0 Å². The number of carbonyl (C=O) groups is 1. The third-order valence-electron chi connectivity index (χ3n) is 3.93. The molecule has 1 N–H and O–H groups in total. The van der Waals surface area contributed by atoms with E-state index in [9.17, 15) is 9.90 Å². The minimum atomic E-state index is -0.271. The van der Waals surface area contributed by atoms with Crippen molar-refractivity contribution in [2.75, 3.05) is 24.5 Å². The maximum atomic E-state index is 12.5. The molecule has 0 bridgehead atoms. The smallest absolute Gasteiger partial charge is 0.244 e.